The predicted molar refractivity (Wildman–Crippen MR) is 215 cm³/mol. The van der Waals surface area contributed by atoms with E-state index < -0.39 is 158 Å². The van der Waals surface area contributed by atoms with Crippen LogP contribution in [0.4, 0.5) is 0 Å². The van der Waals surface area contributed by atoms with Gasteiger partial charge in [-0.25, -0.2) is 0 Å². The molecular formula is C12H53KO50S8. The molecule has 9 atom stereocenters. The third-order valence-electron chi connectivity index (χ3n) is 4.07. The molecule has 0 aliphatic carbocycles. The van der Waals surface area contributed by atoms with Crippen molar-refractivity contribution >= 4 is 135 Å². The van der Waals surface area contributed by atoms with Gasteiger partial charge in [-0.2, -0.15) is 67.3 Å². The van der Waals surface area contributed by atoms with Gasteiger partial charge in [0.15, 0.2) is 6.29 Å². The van der Waals surface area contributed by atoms with E-state index in [0.717, 1.165) is 0 Å². The van der Waals surface area contributed by atoms with E-state index in [9.17, 15) is 30.6 Å². The van der Waals surface area contributed by atoms with Gasteiger partial charge in [0.25, 0.3) is 0 Å². The van der Waals surface area contributed by atoms with Gasteiger partial charge >= 0.3 is 135 Å². The summed E-state index contributed by atoms with van der Waals surface area (Å²) in [5.74, 6) is -2.22. The Kier molecular flexibility index (Phi) is 73.6. The van der Waals surface area contributed by atoms with Crippen LogP contribution in [0.25, 0.3) is 0 Å². The summed E-state index contributed by atoms with van der Waals surface area (Å²) in [6.45, 7) is -2.32. The molecule has 2 rings (SSSR count). The van der Waals surface area contributed by atoms with Gasteiger partial charge in [-0.3, -0.25) is 72.8 Å². The second-order valence-corrected chi connectivity index (χ2v) is 16.3. The average molecular weight is 1290 g/mol. The molecular weight excluding hydrogens is 1240 g/mol. The van der Waals surface area contributed by atoms with Crippen LogP contribution in [0.5, 0.6) is 0 Å². The Balaban J connectivity index is -0.0000000424. The monoisotopic (exact) mass is 1290 g/mol. The molecule has 0 spiro atoms. The molecule has 0 aromatic rings. The molecule has 0 bridgehead atoms. The Hall–Kier alpha value is -0.124. The van der Waals surface area contributed by atoms with E-state index in [1.807, 2.05) is 0 Å². The minimum absolute atomic E-state index is 0. The van der Waals surface area contributed by atoms with Gasteiger partial charge in [0.05, 0.1) is 13.2 Å². The molecule has 0 aromatic carbocycles. The van der Waals surface area contributed by atoms with E-state index in [4.69, 9.17) is 165 Å². The fraction of sp³-hybridized carbons (Fsp3) is 1.00. The molecule has 71 heavy (non-hydrogen) atoms. The topological polar surface area (TPSA) is 1010 Å². The molecule has 0 unspecified atom stereocenters. The number of ether oxygens (including phenoxy) is 3. The molecule has 450 valence electrons. The standard InChI is InChI=1S/C12H22O11.K.8H2O4S.7H2O.H/c13-1-4-6(16)8(18)9(19)11(21-4)23-12(3-15)10(20)7(17)5(2-14)22-12;;8*1-5(2,3)4;;;;;;;;/h4-11,13-20H,1-3H2;;8*(H2,1,2,3,4);7*1H2;/t4-,5-,6-,7-,8+,9-,10+,11-,12+;;;;;;;;;;;;;;;;;/m1................./s1. The summed E-state index contributed by atoms with van der Waals surface area (Å²) in [6, 6.07) is 0. The summed E-state index contributed by atoms with van der Waals surface area (Å²) < 4.78 is 268. The minimum atomic E-state index is -4.67. The van der Waals surface area contributed by atoms with Crippen LogP contribution in [-0.4, -0.2) is 345 Å². The molecule has 2 heterocycles. The predicted octanol–water partition coefficient (Wildman–Crippen LogP) is -17.0. The van der Waals surface area contributed by atoms with Gasteiger partial charge in [0.1, 0.15) is 49.3 Å². The summed E-state index contributed by atoms with van der Waals surface area (Å²) in [7, 11) is -37.3. The van der Waals surface area contributed by atoms with Crippen molar-refractivity contribution in [3.63, 3.8) is 0 Å². The molecule has 2 aliphatic rings. The van der Waals surface area contributed by atoms with Crippen molar-refractivity contribution in [1.82, 2.24) is 0 Å². The van der Waals surface area contributed by atoms with Crippen molar-refractivity contribution in [3.05, 3.63) is 0 Å². The van der Waals surface area contributed by atoms with Crippen molar-refractivity contribution < 1.29 is 234 Å². The third kappa shape index (κ3) is 124. The molecule has 0 aromatic heterocycles. The normalized spacial score (nSPS) is 23.1. The zero-order valence-electron chi connectivity index (χ0n) is 32.5. The van der Waals surface area contributed by atoms with Crippen LogP contribution >= 0.6 is 0 Å². The Morgan fingerprint density at radius 3 is 0.704 bits per heavy atom. The quantitative estimate of drug-likeness (QED) is 0.0898. The second kappa shape index (κ2) is 47.1. The number of aliphatic hydroxyl groups is 8. The van der Waals surface area contributed by atoms with Crippen molar-refractivity contribution in [1.29, 1.82) is 0 Å². The van der Waals surface area contributed by atoms with Gasteiger partial charge in [0.2, 0.25) is 5.79 Å². The first-order chi connectivity index (χ1) is 26.8. The van der Waals surface area contributed by atoms with Crippen LogP contribution in [0.15, 0.2) is 0 Å². The summed E-state index contributed by atoms with van der Waals surface area (Å²) >= 11 is 0. The molecule has 38 N–H and O–H groups in total. The van der Waals surface area contributed by atoms with E-state index in [-0.39, 0.29) is 89.7 Å². The number of aliphatic hydroxyl groups excluding tert-OH is 8. The van der Waals surface area contributed by atoms with Crippen LogP contribution in [0, 0.1) is 0 Å². The van der Waals surface area contributed by atoms with E-state index in [1.165, 1.54) is 0 Å². The molecule has 0 amide bonds. The first-order valence-electron chi connectivity index (χ1n) is 12.6. The number of hydrogen-bond acceptors (Lipinski definition) is 27. The third-order valence-corrected chi connectivity index (χ3v) is 4.07. The molecule has 0 saturated carbocycles. The van der Waals surface area contributed by atoms with Crippen LogP contribution in [0.2, 0.25) is 0 Å². The van der Waals surface area contributed by atoms with Gasteiger partial charge in [0, 0.05) is 0 Å². The zero-order chi connectivity index (χ0) is 53.4. The number of rotatable bonds is 5. The fourth-order valence-corrected chi connectivity index (χ4v) is 2.63. The van der Waals surface area contributed by atoms with Gasteiger partial charge < -0.3 is 93.4 Å². The Labute approximate surface area is 439 Å². The van der Waals surface area contributed by atoms with Gasteiger partial charge in [-0.05, 0) is 0 Å². The van der Waals surface area contributed by atoms with Crippen molar-refractivity contribution in [3.8, 4) is 0 Å². The summed E-state index contributed by atoms with van der Waals surface area (Å²) in [6.07, 6.45) is -12.7. The van der Waals surface area contributed by atoms with Crippen LogP contribution in [0.1, 0.15) is 0 Å². The summed E-state index contributed by atoms with van der Waals surface area (Å²) in [5.41, 5.74) is 0. The maximum atomic E-state index is 10.00. The molecule has 2 saturated heterocycles. The first kappa shape index (κ1) is 111. The van der Waals surface area contributed by atoms with Gasteiger partial charge in [-0.1, -0.05) is 0 Å². The zero-order valence-corrected chi connectivity index (χ0v) is 39.0. The van der Waals surface area contributed by atoms with Crippen LogP contribution in [0.3, 0.4) is 0 Å². The summed E-state index contributed by atoms with van der Waals surface area (Å²) in [4.78, 5) is 0. The van der Waals surface area contributed by atoms with Gasteiger partial charge in [-0.15, -0.1) is 0 Å². The average Bonchev–Trinajstić information content (AvgIpc) is 3.15. The molecule has 59 heteroatoms. The van der Waals surface area contributed by atoms with E-state index in [0.29, 0.717) is 0 Å². The van der Waals surface area contributed by atoms with Crippen molar-refractivity contribution in [2.45, 2.75) is 54.8 Å². The van der Waals surface area contributed by atoms with Crippen molar-refractivity contribution in [2.75, 3.05) is 19.8 Å². The SMILES string of the molecule is O.O.O.O.O.O.O.O=S(=O)(O)O.O=S(=O)(O)O.O=S(=O)(O)O.O=S(=O)(O)O.O=S(=O)(O)O.O=S(=O)(O)O.O=S(=O)(O)O.O=S(=O)(O)O.OC[C@H]1O[C@@](CO)(O[C@H]2O[C@H](CO)[C@@H](O)[C@H](O)[C@H]2O)[C@@H](O)[C@@H]1O.[KH]. The van der Waals surface area contributed by atoms with Crippen LogP contribution < -0.4 is 0 Å². The van der Waals surface area contributed by atoms with Crippen LogP contribution in [-0.2, 0) is 97.4 Å². The Bertz CT molecular complexity index is 1730. The van der Waals surface area contributed by atoms with E-state index >= 15 is 0 Å². The maximum absolute atomic E-state index is 10.00. The molecule has 2 aliphatic heterocycles. The second-order valence-electron chi connectivity index (χ2n) is 9.14. The summed E-state index contributed by atoms with van der Waals surface area (Å²) in [5, 5.41) is 76.7. The van der Waals surface area contributed by atoms with Crippen molar-refractivity contribution in [2.24, 2.45) is 0 Å². The first-order valence-corrected chi connectivity index (χ1v) is 23.8. The number of hydrogen-bond donors (Lipinski definition) is 24. The molecule has 50 nitrogen and oxygen atoms in total. The Morgan fingerprint density at radius 2 is 0.549 bits per heavy atom. The molecule has 0 radical (unpaired) electrons. The molecule has 2 fully saturated rings. The van der Waals surface area contributed by atoms with E-state index in [1.54, 1.807) is 0 Å². The Morgan fingerprint density at radius 1 is 0.352 bits per heavy atom. The van der Waals surface area contributed by atoms with E-state index in [2.05, 4.69) is 0 Å². The fourth-order valence-electron chi connectivity index (χ4n) is 2.63.